The van der Waals surface area contributed by atoms with Crippen molar-refractivity contribution < 1.29 is 9.53 Å². The summed E-state index contributed by atoms with van der Waals surface area (Å²) in [5.41, 5.74) is 2.83. The second kappa shape index (κ2) is 7.48. The Balaban J connectivity index is 2.09. The number of fused-ring (bicyclic) bond motifs is 1. The molecular formula is C18H27NO2. The van der Waals surface area contributed by atoms with Gasteiger partial charge in [-0.15, -0.1) is 0 Å². The lowest BCUT2D eigenvalue weighted by atomic mass is 9.92. The van der Waals surface area contributed by atoms with Crippen LogP contribution in [0.1, 0.15) is 51.2 Å². The van der Waals surface area contributed by atoms with Crippen LogP contribution in [-0.2, 0) is 17.6 Å². The van der Waals surface area contributed by atoms with Gasteiger partial charge in [-0.05, 0) is 69.2 Å². The minimum atomic E-state index is -0.369. The molecule has 3 nitrogen and oxygen atoms in total. The molecule has 0 bridgehead atoms. The number of carbonyl (C=O) groups excluding carboxylic acids is 1. The Morgan fingerprint density at radius 2 is 1.81 bits per heavy atom. The van der Waals surface area contributed by atoms with Gasteiger partial charge >= 0.3 is 0 Å². The molecule has 0 aromatic heterocycles. The number of amides is 1. The second-order valence-corrected chi connectivity index (χ2v) is 5.66. The molecule has 3 heteroatoms. The van der Waals surface area contributed by atoms with Gasteiger partial charge in [-0.25, -0.2) is 0 Å². The van der Waals surface area contributed by atoms with Crippen molar-refractivity contribution in [1.29, 1.82) is 0 Å². The standard InChI is InChI=1S/C18H27NO2/c1-4-17(18(20)19(5-2)6-3)21-16-12-11-14-9-7-8-10-15(14)13-16/h11-13,17H,4-10H2,1-3H3/t17-/m0/s1. The van der Waals surface area contributed by atoms with Crippen molar-refractivity contribution in [3.8, 4) is 5.75 Å². The van der Waals surface area contributed by atoms with Crippen LogP contribution in [0.4, 0.5) is 0 Å². The molecule has 21 heavy (non-hydrogen) atoms. The van der Waals surface area contributed by atoms with Crippen LogP contribution in [0, 0.1) is 0 Å². The monoisotopic (exact) mass is 289 g/mol. The highest BCUT2D eigenvalue weighted by molar-refractivity contribution is 5.81. The highest BCUT2D eigenvalue weighted by Gasteiger charge is 2.23. The first-order valence-corrected chi connectivity index (χ1v) is 8.26. The largest absolute Gasteiger partial charge is 0.481 e. The Hall–Kier alpha value is -1.51. The molecule has 1 atom stereocenters. The van der Waals surface area contributed by atoms with Crippen molar-refractivity contribution in [2.24, 2.45) is 0 Å². The fourth-order valence-electron chi connectivity index (χ4n) is 2.99. The van der Waals surface area contributed by atoms with Gasteiger partial charge in [0.15, 0.2) is 6.10 Å². The van der Waals surface area contributed by atoms with E-state index in [2.05, 4.69) is 12.1 Å². The number of aryl methyl sites for hydroxylation is 2. The zero-order chi connectivity index (χ0) is 15.2. The van der Waals surface area contributed by atoms with E-state index in [4.69, 9.17) is 4.74 Å². The van der Waals surface area contributed by atoms with E-state index in [0.29, 0.717) is 6.42 Å². The number of carbonyl (C=O) groups is 1. The van der Waals surface area contributed by atoms with E-state index in [1.54, 1.807) is 0 Å². The molecule has 0 unspecified atom stereocenters. The highest BCUT2D eigenvalue weighted by atomic mass is 16.5. The number of hydrogen-bond acceptors (Lipinski definition) is 2. The van der Waals surface area contributed by atoms with Crippen molar-refractivity contribution in [1.82, 2.24) is 4.90 Å². The van der Waals surface area contributed by atoms with Crippen molar-refractivity contribution >= 4 is 5.91 Å². The summed E-state index contributed by atoms with van der Waals surface area (Å²) in [7, 11) is 0. The SMILES string of the molecule is CC[C@H](Oc1ccc2c(c1)CCCC2)C(=O)N(CC)CC. The lowest BCUT2D eigenvalue weighted by molar-refractivity contribution is -0.138. The zero-order valence-electron chi connectivity index (χ0n) is 13.5. The fourth-order valence-corrected chi connectivity index (χ4v) is 2.99. The van der Waals surface area contributed by atoms with E-state index >= 15 is 0 Å². The first kappa shape index (κ1) is 15.9. The maximum absolute atomic E-state index is 12.4. The first-order chi connectivity index (χ1) is 10.2. The van der Waals surface area contributed by atoms with Crippen LogP contribution in [-0.4, -0.2) is 30.0 Å². The van der Waals surface area contributed by atoms with Gasteiger partial charge in [0.05, 0.1) is 0 Å². The minimum Gasteiger partial charge on any atom is -0.481 e. The maximum Gasteiger partial charge on any atom is 0.263 e. The first-order valence-electron chi connectivity index (χ1n) is 8.26. The van der Waals surface area contributed by atoms with Gasteiger partial charge < -0.3 is 9.64 Å². The van der Waals surface area contributed by atoms with Gasteiger partial charge in [0.2, 0.25) is 0 Å². The average Bonchev–Trinajstić information content (AvgIpc) is 2.53. The number of likely N-dealkylation sites (N-methyl/N-ethyl adjacent to an activating group) is 1. The average molecular weight is 289 g/mol. The van der Waals surface area contributed by atoms with Gasteiger partial charge in [-0.3, -0.25) is 4.79 Å². The molecule has 0 saturated heterocycles. The predicted molar refractivity (Wildman–Crippen MR) is 85.7 cm³/mol. The Morgan fingerprint density at radius 3 is 2.43 bits per heavy atom. The molecule has 0 spiro atoms. The van der Waals surface area contributed by atoms with Gasteiger partial charge in [0, 0.05) is 13.1 Å². The molecule has 0 aliphatic heterocycles. The Labute approximate surface area is 128 Å². The molecule has 0 N–H and O–H groups in total. The maximum atomic E-state index is 12.4. The second-order valence-electron chi connectivity index (χ2n) is 5.66. The summed E-state index contributed by atoms with van der Waals surface area (Å²) in [6.45, 7) is 7.49. The number of rotatable bonds is 6. The van der Waals surface area contributed by atoms with Crippen LogP contribution in [0.5, 0.6) is 5.75 Å². The molecular weight excluding hydrogens is 262 g/mol. The lowest BCUT2D eigenvalue weighted by Gasteiger charge is -2.25. The molecule has 1 aliphatic carbocycles. The number of benzene rings is 1. The van der Waals surface area contributed by atoms with Gasteiger partial charge in [-0.2, -0.15) is 0 Å². The van der Waals surface area contributed by atoms with E-state index in [1.165, 1.54) is 30.4 Å². The van der Waals surface area contributed by atoms with E-state index in [1.807, 2.05) is 31.7 Å². The molecule has 1 aromatic rings. The smallest absolute Gasteiger partial charge is 0.263 e. The van der Waals surface area contributed by atoms with E-state index in [0.717, 1.165) is 25.3 Å². The summed E-state index contributed by atoms with van der Waals surface area (Å²) in [6, 6.07) is 6.31. The van der Waals surface area contributed by atoms with Crippen molar-refractivity contribution in [2.45, 2.75) is 59.0 Å². The van der Waals surface area contributed by atoms with Crippen molar-refractivity contribution in [3.05, 3.63) is 29.3 Å². The van der Waals surface area contributed by atoms with Crippen LogP contribution < -0.4 is 4.74 Å². The lowest BCUT2D eigenvalue weighted by Crippen LogP contribution is -2.41. The molecule has 2 rings (SSSR count). The number of ether oxygens (including phenoxy) is 1. The van der Waals surface area contributed by atoms with E-state index in [9.17, 15) is 4.79 Å². The minimum absolute atomic E-state index is 0.0974. The summed E-state index contributed by atoms with van der Waals surface area (Å²) in [5, 5.41) is 0. The van der Waals surface area contributed by atoms with Crippen LogP contribution >= 0.6 is 0 Å². The summed E-state index contributed by atoms with van der Waals surface area (Å²) >= 11 is 0. The summed E-state index contributed by atoms with van der Waals surface area (Å²) < 4.78 is 5.98. The normalized spacial score (nSPS) is 15.2. The van der Waals surface area contributed by atoms with Crippen LogP contribution in [0.25, 0.3) is 0 Å². The quantitative estimate of drug-likeness (QED) is 0.801. The van der Waals surface area contributed by atoms with Gasteiger partial charge in [0.1, 0.15) is 5.75 Å². The molecule has 1 aliphatic rings. The summed E-state index contributed by atoms with van der Waals surface area (Å²) in [5.74, 6) is 0.934. The van der Waals surface area contributed by atoms with E-state index in [-0.39, 0.29) is 12.0 Å². The Bertz CT molecular complexity index is 480. The third-order valence-electron chi connectivity index (χ3n) is 4.32. The fraction of sp³-hybridized carbons (Fsp3) is 0.611. The Morgan fingerprint density at radius 1 is 1.14 bits per heavy atom. The molecule has 116 valence electrons. The number of hydrogen-bond donors (Lipinski definition) is 0. The molecule has 0 heterocycles. The van der Waals surface area contributed by atoms with Gasteiger partial charge in [-0.1, -0.05) is 13.0 Å². The third-order valence-corrected chi connectivity index (χ3v) is 4.32. The molecule has 0 fully saturated rings. The van der Waals surface area contributed by atoms with Gasteiger partial charge in [0.25, 0.3) is 5.91 Å². The van der Waals surface area contributed by atoms with Crippen molar-refractivity contribution in [3.63, 3.8) is 0 Å². The molecule has 1 aromatic carbocycles. The highest BCUT2D eigenvalue weighted by Crippen LogP contribution is 2.26. The van der Waals surface area contributed by atoms with E-state index < -0.39 is 0 Å². The summed E-state index contributed by atoms with van der Waals surface area (Å²) in [4.78, 5) is 14.3. The third kappa shape index (κ3) is 3.78. The topological polar surface area (TPSA) is 29.5 Å². The Kier molecular flexibility index (Phi) is 5.66. The van der Waals surface area contributed by atoms with Crippen LogP contribution in [0.15, 0.2) is 18.2 Å². The number of nitrogens with zero attached hydrogens (tertiary/aromatic N) is 1. The predicted octanol–water partition coefficient (Wildman–Crippen LogP) is 3.59. The van der Waals surface area contributed by atoms with Crippen LogP contribution in [0.3, 0.4) is 0 Å². The molecule has 1 amide bonds. The molecule has 0 radical (unpaired) electrons. The zero-order valence-corrected chi connectivity index (χ0v) is 13.5. The summed E-state index contributed by atoms with van der Waals surface area (Å²) in [6.07, 6.45) is 5.17. The van der Waals surface area contributed by atoms with Crippen LogP contribution in [0.2, 0.25) is 0 Å². The van der Waals surface area contributed by atoms with Crippen molar-refractivity contribution in [2.75, 3.05) is 13.1 Å². The molecule has 0 saturated carbocycles.